The van der Waals surface area contributed by atoms with Gasteiger partial charge in [0.15, 0.2) is 0 Å². The van der Waals surface area contributed by atoms with Crippen molar-refractivity contribution in [3.63, 3.8) is 0 Å². The molecule has 1 aromatic rings. The van der Waals surface area contributed by atoms with Crippen LogP contribution in [0, 0.1) is 0 Å². The lowest BCUT2D eigenvalue weighted by Gasteiger charge is -2.05. The van der Waals surface area contributed by atoms with Crippen LogP contribution < -0.4 is 11.2 Å². The fourth-order valence-electron chi connectivity index (χ4n) is 1.25. The molecule has 1 aromatic carbocycles. The molecular formula is C9H9N3OS. The number of rotatable bonds is 1. The summed E-state index contributed by atoms with van der Waals surface area (Å²) in [6.45, 7) is 0. The summed E-state index contributed by atoms with van der Waals surface area (Å²) in [5, 5.41) is 13.1. The van der Waals surface area contributed by atoms with Crippen LogP contribution in [-0.2, 0) is 0 Å². The minimum absolute atomic E-state index is 0.219. The number of aromatic hydroxyl groups is 1. The highest BCUT2D eigenvalue weighted by Crippen LogP contribution is 2.13. The lowest BCUT2D eigenvalue weighted by Crippen LogP contribution is -2.36. The molecule has 0 amide bonds. The molecule has 0 aromatic heterocycles. The van der Waals surface area contributed by atoms with Gasteiger partial charge >= 0.3 is 0 Å². The van der Waals surface area contributed by atoms with E-state index in [1.807, 2.05) is 0 Å². The number of hydrogen-bond acceptors (Lipinski definition) is 4. The van der Waals surface area contributed by atoms with Gasteiger partial charge in [0, 0.05) is 5.56 Å². The van der Waals surface area contributed by atoms with Gasteiger partial charge in [-0.15, -0.1) is 0 Å². The summed E-state index contributed by atoms with van der Waals surface area (Å²) >= 11 is 4.94. The van der Waals surface area contributed by atoms with Gasteiger partial charge in [-0.25, -0.2) is 0 Å². The minimum Gasteiger partial charge on any atom is -0.508 e. The first kappa shape index (κ1) is 9.11. The van der Waals surface area contributed by atoms with E-state index >= 15 is 0 Å². The summed E-state index contributed by atoms with van der Waals surface area (Å²) in [6, 6.07) is 6.33. The second kappa shape index (κ2) is 3.36. The van der Waals surface area contributed by atoms with Crippen molar-refractivity contribution in [3.8, 4) is 5.75 Å². The molecule has 0 radical (unpaired) electrons. The van der Waals surface area contributed by atoms with Crippen LogP contribution in [0.5, 0.6) is 5.75 Å². The first-order chi connectivity index (χ1) is 6.68. The lowest BCUT2D eigenvalue weighted by atomic mass is 10.0. The van der Waals surface area contributed by atoms with Crippen molar-refractivity contribution in [2.24, 2.45) is 10.8 Å². The Labute approximate surface area is 86.4 Å². The molecule has 0 spiro atoms. The van der Waals surface area contributed by atoms with E-state index in [2.05, 4.69) is 10.5 Å². The molecule has 2 rings (SSSR count). The number of thiocarbonyl (C=S) groups is 1. The van der Waals surface area contributed by atoms with E-state index in [0.717, 1.165) is 5.56 Å². The topological polar surface area (TPSA) is 70.6 Å². The van der Waals surface area contributed by atoms with E-state index in [1.54, 1.807) is 24.3 Å². The summed E-state index contributed by atoms with van der Waals surface area (Å²) in [4.78, 5) is 0.521. The highest BCUT2D eigenvalue weighted by molar-refractivity contribution is 7.80. The van der Waals surface area contributed by atoms with Crippen molar-refractivity contribution in [2.75, 3.05) is 0 Å². The van der Waals surface area contributed by atoms with Crippen LogP contribution in [0.25, 0.3) is 0 Å². The van der Waals surface area contributed by atoms with Gasteiger partial charge in [-0.05, 0) is 24.3 Å². The van der Waals surface area contributed by atoms with Crippen LogP contribution in [0.1, 0.15) is 5.56 Å². The first-order valence-electron chi connectivity index (χ1n) is 4.11. The highest BCUT2D eigenvalue weighted by Gasteiger charge is 2.23. The van der Waals surface area contributed by atoms with Crippen molar-refractivity contribution in [1.29, 1.82) is 0 Å². The number of nitrogens with one attached hydrogen (secondary N) is 1. The number of hydrazone groups is 1. The monoisotopic (exact) mass is 207 g/mol. The van der Waals surface area contributed by atoms with E-state index in [-0.39, 0.29) is 11.8 Å². The van der Waals surface area contributed by atoms with Crippen LogP contribution in [0.4, 0.5) is 0 Å². The van der Waals surface area contributed by atoms with Crippen LogP contribution >= 0.6 is 12.2 Å². The van der Waals surface area contributed by atoms with E-state index in [4.69, 9.17) is 23.1 Å². The molecule has 1 aliphatic rings. The van der Waals surface area contributed by atoms with E-state index in [0.29, 0.717) is 10.7 Å². The molecule has 5 heteroatoms. The Morgan fingerprint density at radius 1 is 1.36 bits per heavy atom. The molecule has 0 bridgehead atoms. The van der Waals surface area contributed by atoms with Gasteiger partial charge in [0.1, 0.15) is 16.8 Å². The number of phenols is 1. The third kappa shape index (κ3) is 1.47. The van der Waals surface area contributed by atoms with Crippen LogP contribution in [0.15, 0.2) is 29.4 Å². The smallest absolute Gasteiger partial charge is 0.119 e. The number of hydrogen-bond donors (Lipinski definition) is 3. The molecule has 14 heavy (non-hydrogen) atoms. The molecule has 4 N–H and O–H groups in total. The van der Waals surface area contributed by atoms with Gasteiger partial charge in [-0.1, -0.05) is 12.2 Å². The van der Waals surface area contributed by atoms with Gasteiger partial charge in [-0.2, -0.15) is 5.10 Å². The standard InChI is InChI=1S/C9H9N3OS/c10-7-8(11-12-9(7)14)5-1-3-6(13)4-2-5/h1-4,7,13H,10H2,(H,12,14). The SMILES string of the molecule is NC1C(=S)NN=C1c1ccc(O)cc1. The summed E-state index contributed by atoms with van der Waals surface area (Å²) in [5.74, 6) is 0.219. The van der Waals surface area contributed by atoms with Crippen molar-refractivity contribution in [3.05, 3.63) is 29.8 Å². The van der Waals surface area contributed by atoms with Gasteiger partial charge in [-0.3, -0.25) is 5.43 Å². The van der Waals surface area contributed by atoms with Gasteiger partial charge in [0.25, 0.3) is 0 Å². The molecule has 0 aliphatic carbocycles. The second-order valence-electron chi connectivity index (χ2n) is 3.00. The predicted molar refractivity (Wildman–Crippen MR) is 58.4 cm³/mol. The maximum atomic E-state index is 9.10. The molecular weight excluding hydrogens is 198 g/mol. The average molecular weight is 207 g/mol. The summed E-state index contributed by atoms with van der Waals surface area (Å²) in [5.41, 5.74) is 10.0. The zero-order chi connectivity index (χ0) is 10.1. The summed E-state index contributed by atoms with van der Waals surface area (Å²) < 4.78 is 0. The summed E-state index contributed by atoms with van der Waals surface area (Å²) in [7, 11) is 0. The molecule has 0 saturated carbocycles. The van der Waals surface area contributed by atoms with Crippen molar-refractivity contribution < 1.29 is 5.11 Å². The molecule has 0 fully saturated rings. The Hall–Kier alpha value is -1.46. The molecule has 1 atom stereocenters. The minimum atomic E-state index is -0.352. The Morgan fingerprint density at radius 3 is 2.50 bits per heavy atom. The Bertz CT molecular complexity index is 399. The zero-order valence-corrected chi connectivity index (χ0v) is 8.08. The van der Waals surface area contributed by atoms with Crippen molar-refractivity contribution in [2.45, 2.75) is 6.04 Å². The molecule has 4 nitrogen and oxygen atoms in total. The first-order valence-corrected chi connectivity index (χ1v) is 4.52. The highest BCUT2D eigenvalue weighted by atomic mass is 32.1. The largest absolute Gasteiger partial charge is 0.508 e. The molecule has 72 valence electrons. The third-order valence-electron chi connectivity index (χ3n) is 2.03. The van der Waals surface area contributed by atoms with E-state index in [1.165, 1.54) is 0 Å². The maximum Gasteiger partial charge on any atom is 0.119 e. The second-order valence-corrected chi connectivity index (χ2v) is 3.44. The number of nitrogens with zero attached hydrogens (tertiary/aromatic N) is 1. The lowest BCUT2D eigenvalue weighted by molar-refractivity contribution is 0.475. The number of nitrogens with two attached hydrogens (primary N) is 1. The van der Waals surface area contributed by atoms with Crippen LogP contribution in [0.3, 0.4) is 0 Å². The van der Waals surface area contributed by atoms with Crippen LogP contribution in [0.2, 0.25) is 0 Å². The predicted octanol–water partition coefficient (Wildman–Crippen LogP) is 0.354. The molecule has 1 unspecified atom stereocenters. The van der Waals surface area contributed by atoms with Gasteiger partial charge in [0.2, 0.25) is 0 Å². The Kier molecular flexibility index (Phi) is 2.18. The maximum absolute atomic E-state index is 9.10. The van der Waals surface area contributed by atoms with Crippen LogP contribution in [-0.4, -0.2) is 21.8 Å². The Balaban J connectivity index is 2.33. The number of phenolic OH excluding ortho intramolecular Hbond substituents is 1. The average Bonchev–Trinajstić information content (AvgIpc) is 2.50. The van der Waals surface area contributed by atoms with E-state index in [9.17, 15) is 0 Å². The Morgan fingerprint density at radius 2 is 2.00 bits per heavy atom. The van der Waals surface area contributed by atoms with Gasteiger partial charge in [0.05, 0.1) is 5.71 Å². The molecule has 1 heterocycles. The van der Waals surface area contributed by atoms with Crippen molar-refractivity contribution in [1.82, 2.24) is 5.43 Å². The normalized spacial score (nSPS) is 20.5. The quantitative estimate of drug-likeness (QED) is 0.581. The summed E-state index contributed by atoms with van der Waals surface area (Å²) in [6.07, 6.45) is 0. The zero-order valence-electron chi connectivity index (χ0n) is 7.27. The fourth-order valence-corrected chi connectivity index (χ4v) is 1.41. The fraction of sp³-hybridized carbons (Fsp3) is 0.111. The van der Waals surface area contributed by atoms with Crippen molar-refractivity contribution >= 4 is 22.9 Å². The van der Waals surface area contributed by atoms with Gasteiger partial charge < -0.3 is 10.8 Å². The number of benzene rings is 1. The van der Waals surface area contributed by atoms with E-state index < -0.39 is 0 Å². The third-order valence-corrected chi connectivity index (χ3v) is 2.37. The molecule has 0 saturated heterocycles. The molecule has 1 aliphatic heterocycles.